The van der Waals surface area contributed by atoms with Crippen LogP contribution in [0.1, 0.15) is 21.6 Å². The van der Waals surface area contributed by atoms with Crippen LogP contribution in [0.25, 0.3) is 0 Å². The van der Waals surface area contributed by atoms with E-state index in [4.69, 9.17) is 9.47 Å². The molecule has 0 fully saturated rings. The van der Waals surface area contributed by atoms with Gasteiger partial charge in [0.05, 0.1) is 19.9 Å². The molecule has 0 radical (unpaired) electrons. The summed E-state index contributed by atoms with van der Waals surface area (Å²) in [5.41, 5.74) is 3.86. The van der Waals surface area contributed by atoms with Gasteiger partial charge in [-0.2, -0.15) is 0 Å². The largest absolute Gasteiger partial charge is 0.497 e. The number of hydrogen-bond donors (Lipinski definition) is 2. The van der Waals surface area contributed by atoms with E-state index in [1.165, 1.54) is 13.4 Å². The van der Waals surface area contributed by atoms with Gasteiger partial charge < -0.3 is 20.1 Å². The first-order valence-electron chi connectivity index (χ1n) is 8.70. The summed E-state index contributed by atoms with van der Waals surface area (Å²) >= 11 is 0. The molecule has 0 aliphatic rings. The van der Waals surface area contributed by atoms with E-state index in [1.807, 2.05) is 32.0 Å². The standard InChI is InChI=1S/C21H22N4O3/c1-13-5-6-14(2)16(9-13)24-20-11-18(22-12-23-20)21(26)25-17-10-15(27-3)7-8-19(17)28-4/h5-12H,1-4H3,(H,25,26)(H,22,23,24). The van der Waals surface area contributed by atoms with Crippen LogP contribution < -0.4 is 20.1 Å². The molecule has 3 aromatic rings. The molecule has 0 bridgehead atoms. The maximum absolute atomic E-state index is 12.7. The van der Waals surface area contributed by atoms with Crippen molar-refractivity contribution in [3.63, 3.8) is 0 Å². The second-order valence-corrected chi connectivity index (χ2v) is 6.25. The van der Waals surface area contributed by atoms with E-state index in [1.54, 1.807) is 31.4 Å². The van der Waals surface area contributed by atoms with E-state index in [0.29, 0.717) is 23.0 Å². The molecule has 28 heavy (non-hydrogen) atoms. The molecule has 0 unspecified atom stereocenters. The van der Waals surface area contributed by atoms with Crippen molar-refractivity contribution >= 4 is 23.1 Å². The van der Waals surface area contributed by atoms with Gasteiger partial charge in [0.2, 0.25) is 0 Å². The number of rotatable bonds is 6. The summed E-state index contributed by atoms with van der Waals surface area (Å²) in [6.07, 6.45) is 1.35. The Bertz CT molecular complexity index is 1000. The van der Waals surface area contributed by atoms with Crippen LogP contribution in [0.2, 0.25) is 0 Å². The molecule has 0 saturated carbocycles. The highest BCUT2D eigenvalue weighted by atomic mass is 16.5. The molecule has 1 aromatic heterocycles. The third kappa shape index (κ3) is 4.37. The van der Waals surface area contributed by atoms with Crippen molar-refractivity contribution in [1.82, 2.24) is 9.97 Å². The molecular weight excluding hydrogens is 356 g/mol. The summed E-state index contributed by atoms with van der Waals surface area (Å²) in [7, 11) is 3.09. The zero-order chi connectivity index (χ0) is 20.1. The summed E-state index contributed by atoms with van der Waals surface area (Å²) < 4.78 is 10.5. The number of amides is 1. The maximum Gasteiger partial charge on any atom is 0.274 e. The van der Waals surface area contributed by atoms with Crippen LogP contribution in [-0.4, -0.2) is 30.1 Å². The number of ether oxygens (including phenoxy) is 2. The number of carbonyl (C=O) groups is 1. The predicted octanol–water partition coefficient (Wildman–Crippen LogP) is 4.11. The van der Waals surface area contributed by atoms with Crippen LogP contribution in [-0.2, 0) is 0 Å². The highest BCUT2D eigenvalue weighted by Gasteiger charge is 2.13. The van der Waals surface area contributed by atoms with Crippen molar-refractivity contribution < 1.29 is 14.3 Å². The van der Waals surface area contributed by atoms with Crippen molar-refractivity contribution in [2.24, 2.45) is 0 Å². The molecule has 3 rings (SSSR count). The lowest BCUT2D eigenvalue weighted by molar-refractivity contribution is 0.102. The SMILES string of the molecule is COc1ccc(OC)c(NC(=O)c2cc(Nc3cc(C)ccc3C)ncn2)c1. The molecule has 0 saturated heterocycles. The van der Waals surface area contributed by atoms with Gasteiger partial charge in [-0.15, -0.1) is 0 Å². The zero-order valence-electron chi connectivity index (χ0n) is 16.2. The predicted molar refractivity (Wildman–Crippen MR) is 109 cm³/mol. The number of aromatic nitrogens is 2. The van der Waals surface area contributed by atoms with E-state index in [2.05, 4.69) is 20.6 Å². The van der Waals surface area contributed by atoms with Gasteiger partial charge in [-0.1, -0.05) is 12.1 Å². The maximum atomic E-state index is 12.7. The molecule has 144 valence electrons. The minimum atomic E-state index is -0.377. The van der Waals surface area contributed by atoms with Crippen LogP contribution in [0.5, 0.6) is 11.5 Å². The van der Waals surface area contributed by atoms with E-state index < -0.39 is 0 Å². The van der Waals surface area contributed by atoms with Gasteiger partial charge in [0.1, 0.15) is 29.3 Å². The topological polar surface area (TPSA) is 85.4 Å². The number of nitrogens with zero attached hydrogens (tertiary/aromatic N) is 2. The number of nitrogens with one attached hydrogen (secondary N) is 2. The van der Waals surface area contributed by atoms with E-state index in [0.717, 1.165) is 16.8 Å². The first-order valence-corrected chi connectivity index (χ1v) is 8.70. The summed E-state index contributed by atoms with van der Waals surface area (Å²) in [5.74, 6) is 1.29. The molecule has 1 heterocycles. The molecule has 7 heteroatoms. The molecule has 2 aromatic carbocycles. The molecule has 7 nitrogen and oxygen atoms in total. The average Bonchev–Trinajstić information content (AvgIpc) is 2.71. The van der Waals surface area contributed by atoms with Crippen LogP contribution >= 0.6 is 0 Å². The normalized spacial score (nSPS) is 10.3. The van der Waals surface area contributed by atoms with Crippen molar-refractivity contribution in [2.45, 2.75) is 13.8 Å². The zero-order valence-corrected chi connectivity index (χ0v) is 16.2. The second-order valence-electron chi connectivity index (χ2n) is 6.25. The van der Waals surface area contributed by atoms with Crippen molar-refractivity contribution in [1.29, 1.82) is 0 Å². The molecular formula is C21H22N4O3. The van der Waals surface area contributed by atoms with Crippen molar-refractivity contribution in [3.8, 4) is 11.5 Å². The molecule has 0 atom stereocenters. The van der Waals surface area contributed by atoms with Gasteiger partial charge in [-0.3, -0.25) is 4.79 Å². The Hall–Kier alpha value is -3.61. The third-order valence-electron chi connectivity index (χ3n) is 4.21. The number of anilines is 3. The van der Waals surface area contributed by atoms with Crippen LogP contribution in [0, 0.1) is 13.8 Å². The molecule has 0 spiro atoms. The van der Waals surface area contributed by atoms with Crippen molar-refractivity contribution in [2.75, 3.05) is 24.9 Å². The number of methoxy groups -OCH3 is 2. The van der Waals surface area contributed by atoms with Crippen LogP contribution in [0.15, 0.2) is 48.8 Å². The fourth-order valence-corrected chi connectivity index (χ4v) is 2.66. The Balaban J connectivity index is 1.82. The lowest BCUT2D eigenvalue weighted by Crippen LogP contribution is -2.15. The monoisotopic (exact) mass is 378 g/mol. The Morgan fingerprint density at radius 3 is 2.50 bits per heavy atom. The fourth-order valence-electron chi connectivity index (χ4n) is 2.66. The Kier molecular flexibility index (Phi) is 5.74. The quantitative estimate of drug-likeness (QED) is 0.671. The molecule has 2 N–H and O–H groups in total. The number of benzene rings is 2. The van der Waals surface area contributed by atoms with Crippen LogP contribution in [0.3, 0.4) is 0 Å². The van der Waals surface area contributed by atoms with Gasteiger partial charge in [-0.25, -0.2) is 9.97 Å². The minimum absolute atomic E-state index is 0.229. The molecule has 0 aliphatic carbocycles. The minimum Gasteiger partial charge on any atom is -0.497 e. The first kappa shape index (κ1) is 19.2. The van der Waals surface area contributed by atoms with Gasteiger partial charge in [0.25, 0.3) is 5.91 Å². The summed E-state index contributed by atoms with van der Waals surface area (Å²) in [6, 6.07) is 12.9. The highest BCUT2D eigenvalue weighted by Crippen LogP contribution is 2.29. The smallest absolute Gasteiger partial charge is 0.274 e. The third-order valence-corrected chi connectivity index (χ3v) is 4.21. The summed E-state index contributed by atoms with van der Waals surface area (Å²) in [5, 5.41) is 6.04. The van der Waals surface area contributed by atoms with E-state index in [9.17, 15) is 4.79 Å². The molecule has 1 amide bonds. The van der Waals surface area contributed by atoms with Gasteiger partial charge in [-0.05, 0) is 43.2 Å². The number of aryl methyl sites for hydroxylation is 2. The number of carbonyl (C=O) groups excluding carboxylic acids is 1. The van der Waals surface area contributed by atoms with Gasteiger partial charge in [0.15, 0.2) is 0 Å². The summed E-state index contributed by atoms with van der Waals surface area (Å²) in [6.45, 7) is 4.02. The van der Waals surface area contributed by atoms with Crippen molar-refractivity contribution in [3.05, 3.63) is 65.6 Å². The van der Waals surface area contributed by atoms with E-state index in [-0.39, 0.29) is 11.6 Å². The molecule has 0 aliphatic heterocycles. The second kappa shape index (κ2) is 8.39. The van der Waals surface area contributed by atoms with E-state index >= 15 is 0 Å². The Morgan fingerprint density at radius 1 is 0.929 bits per heavy atom. The number of hydrogen-bond acceptors (Lipinski definition) is 6. The van der Waals surface area contributed by atoms with Gasteiger partial charge >= 0.3 is 0 Å². The Labute approximate surface area is 163 Å². The lowest BCUT2D eigenvalue weighted by Gasteiger charge is -2.12. The van der Waals surface area contributed by atoms with Crippen LogP contribution in [0.4, 0.5) is 17.2 Å². The summed E-state index contributed by atoms with van der Waals surface area (Å²) in [4.78, 5) is 21.0. The average molecular weight is 378 g/mol. The lowest BCUT2D eigenvalue weighted by atomic mass is 10.1. The first-order chi connectivity index (χ1) is 13.5. The Morgan fingerprint density at radius 2 is 1.75 bits per heavy atom. The highest BCUT2D eigenvalue weighted by molar-refractivity contribution is 6.04. The van der Waals surface area contributed by atoms with Gasteiger partial charge in [0, 0.05) is 17.8 Å². The fraction of sp³-hybridized carbons (Fsp3) is 0.190.